The van der Waals surface area contributed by atoms with Gasteiger partial charge in [-0.05, 0) is 42.4 Å². The van der Waals surface area contributed by atoms with Crippen LogP contribution in [-0.2, 0) is 22.5 Å². The highest BCUT2D eigenvalue weighted by atomic mass is 19.1. The minimum absolute atomic E-state index is 0.0248. The minimum atomic E-state index is -0.349. The number of amides is 3. The second kappa shape index (κ2) is 9.03. The Morgan fingerprint density at radius 3 is 2.35 bits per heavy atom. The fourth-order valence-electron chi connectivity index (χ4n) is 3.88. The normalized spacial score (nSPS) is 17.8. The van der Waals surface area contributed by atoms with E-state index in [1.54, 1.807) is 24.3 Å². The number of benzene rings is 2. The number of nitrogens with zero attached hydrogens (tertiary/aromatic N) is 2. The Hall–Kier alpha value is -2.97. The van der Waals surface area contributed by atoms with E-state index >= 15 is 0 Å². The van der Waals surface area contributed by atoms with Crippen molar-refractivity contribution in [3.8, 4) is 0 Å². The molecule has 2 aliphatic heterocycles. The molecule has 0 bridgehead atoms. The summed E-state index contributed by atoms with van der Waals surface area (Å²) in [6.45, 7) is 3.94. The maximum absolute atomic E-state index is 12.9. The monoisotopic (exact) mass is 426 g/mol. The molecule has 8 heteroatoms. The molecule has 2 N–H and O–H groups in total. The third-order valence-electron chi connectivity index (χ3n) is 6.03. The summed E-state index contributed by atoms with van der Waals surface area (Å²) in [6, 6.07) is 12.9. The third kappa shape index (κ3) is 5.03. The second-order valence-electron chi connectivity index (χ2n) is 8.26. The summed E-state index contributed by atoms with van der Waals surface area (Å²) in [7, 11) is 2.09. The number of urea groups is 1. The average Bonchev–Trinajstić information content (AvgIpc) is 2.74. The van der Waals surface area contributed by atoms with Crippen molar-refractivity contribution < 1.29 is 18.7 Å². The van der Waals surface area contributed by atoms with Gasteiger partial charge < -0.3 is 20.3 Å². The molecule has 0 radical (unpaired) electrons. The quantitative estimate of drug-likeness (QED) is 0.769. The van der Waals surface area contributed by atoms with Gasteiger partial charge in [0, 0.05) is 31.9 Å². The topological polar surface area (TPSA) is 73.9 Å². The molecule has 0 unspecified atom stereocenters. The van der Waals surface area contributed by atoms with Crippen LogP contribution < -0.4 is 10.6 Å². The van der Waals surface area contributed by atoms with Crippen molar-refractivity contribution in [2.24, 2.45) is 0 Å². The Morgan fingerprint density at radius 2 is 1.71 bits per heavy atom. The number of carbonyl (C=O) groups is 2. The van der Waals surface area contributed by atoms with E-state index in [2.05, 4.69) is 22.6 Å². The van der Waals surface area contributed by atoms with E-state index in [9.17, 15) is 14.0 Å². The molecule has 0 aliphatic carbocycles. The van der Waals surface area contributed by atoms with Crippen molar-refractivity contribution in [2.75, 3.05) is 45.2 Å². The standard InChI is InChI=1S/C23H27FN4O3/c1-27-10-11-28(14-23(27)15-31-16-23)21(29)12-17-4-8-20(9-5-17)26-22(30)25-13-18-2-6-19(24)7-3-18/h2-9H,10-16H2,1H3,(H2,25,26,30). The zero-order valence-corrected chi connectivity index (χ0v) is 17.6. The van der Waals surface area contributed by atoms with Gasteiger partial charge in [0.1, 0.15) is 5.82 Å². The van der Waals surface area contributed by atoms with Gasteiger partial charge in [-0.1, -0.05) is 24.3 Å². The number of ether oxygens (including phenoxy) is 1. The molecule has 0 aromatic heterocycles. The van der Waals surface area contributed by atoms with E-state index < -0.39 is 0 Å². The zero-order chi connectivity index (χ0) is 21.8. The average molecular weight is 426 g/mol. The van der Waals surface area contributed by atoms with Crippen LogP contribution in [-0.4, -0.2) is 67.2 Å². The number of nitrogens with one attached hydrogen (secondary N) is 2. The molecular weight excluding hydrogens is 399 g/mol. The Labute approximate surface area is 181 Å². The number of likely N-dealkylation sites (N-methyl/N-ethyl adjacent to an activating group) is 1. The molecule has 2 heterocycles. The highest BCUT2D eigenvalue weighted by molar-refractivity contribution is 5.89. The van der Waals surface area contributed by atoms with Crippen molar-refractivity contribution in [1.29, 1.82) is 0 Å². The molecule has 0 atom stereocenters. The van der Waals surface area contributed by atoms with Gasteiger partial charge >= 0.3 is 6.03 Å². The molecule has 2 aliphatic rings. The molecule has 2 saturated heterocycles. The number of carbonyl (C=O) groups excluding carboxylic acids is 2. The lowest BCUT2D eigenvalue weighted by molar-refractivity contribution is -0.170. The van der Waals surface area contributed by atoms with Gasteiger partial charge in [0.15, 0.2) is 0 Å². The largest absolute Gasteiger partial charge is 0.377 e. The first kappa shape index (κ1) is 21.3. The number of hydrogen-bond acceptors (Lipinski definition) is 4. The molecule has 3 amide bonds. The highest BCUT2D eigenvalue weighted by Gasteiger charge is 2.46. The number of rotatable bonds is 5. The molecular formula is C23H27FN4O3. The van der Waals surface area contributed by atoms with Crippen molar-refractivity contribution >= 4 is 17.6 Å². The van der Waals surface area contributed by atoms with Gasteiger partial charge in [-0.15, -0.1) is 0 Å². The number of hydrogen-bond donors (Lipinski definition) is 2. The Morgan fingerprint density at radius 1 is 1.03 bits per heavy atom. The van der Waals surface area contributed by atoms with Crippen LogP contribution in [0.2, 0.25) is 0 Å². The van der Waals surface area contributed by atoms with Crippen molar-refractivity contribution in [2.45, 2.75) is 18.5 Å². The second-order valence-corrected chi connectivity index (χ2v) is 8.26. The maximum atomic E-state index is 12.9. The summed E-state index contributed by atoms with van der Waals surface area (Å²) in [5.74, 6) is -0.201. The molecule has 164 valence electrons. The fraction of sp³-hybridized carbons (Fsp3) is 0.391. The third-order valence-corrected chi connectivity index (χ3v) is 6.03. The molecule has 2 aromatic rings. The highest BCUT2D eigenvalue weighted by Crippen LogP contribution is 2.28. The molecule has 1 spiro atoms. The van der Waals surface area contributed by atoms with Gasteiger partial charge in [0.2, 0.25) is 5.91 Å². The first-order valence-corrected chi connectivity index (χ1v) is 10.4. The van der Waals surface area contributed by atoms with Crippen LogP contribution in [0.5, 0.6) is 0 Å². The van der Waals surface area contributed by atoms with Crippen LogP contribution in [0, 0.1) is 5.82 Å². The Balaban J connectivity index is 1.25. The van der Waals surface area contributed by atoms with Crippen molar-refractivity contribution in [1.82, 2.24) is 15.1 Å². The van der Waals surface area contributed by atoms with Crippen LogP contribution in [0.4, 0.5) is 14.9 Å². The van der Waals surface area contributed by atoms with Gasteiger partial charge in [0.25, 0.3) is 0 Å². The Bertz CT molecular complexity index is 929. The summed E-state index contributed by atoms with van der Waals surface area (Å²) < 4.78 is 18.3. The van der Waals surface area contributed by atoms with Crippen molar-refractivity contribution in [3.05, 3.63) is 65.5 Å². The summed E-state index contributed by atoms with van der Waals surface area (Å²) in [6.07, 6.45) is 0.331. The van der Waals surface area contributed by atoms with E-state index in [0.717, 1.165) is 24.2 Å². The molecule has 4 rings (SSSR count). The Kier molecular flexibility index (Phi) is 6.20. The van der Waals surface area contributed by atoms with Crippen LogP contribution in [0.25, 0.3) is 0 Å². The van der Waals surface area contributed by atoms with Crippen LogP contribution in [0.15, 0.2) is 48.5 Å². The lowest BCUT2D eigenvalue weighted by Gasteiger charge is -2.53. The molecule has 7 nitrogen and oxygen atoms in total. The fourth-order valence-corrected chi connectivity index (χ4v) is 3.88. The molecule has 0 saturated carbocycles. The lowest BCUT2D eigenvalue weighted by Crippen LogP contribution is -2.71. The summed E-state index contributed by atoms with van der Waals surface area (Å²) in [5.41, 5.74) is 2.32. The first-order chi connectivity index (χ1) is 14.9. The smallest absolute Gasteiger partial charge is 0.319 e. The summed E-state index contributed by atoms with van der Waals surface area (Å²) in [4.78, 5) is 29.1. The van der Waals surface area contributed by atoms with Crippen LogP contribution in [0.1, 0.15) is 11.1 Å². The lowest BCUT2D eigenvalue weighted by atomic mass is 9.92. The SMILES string of the molecule is CN1CCN(C(=O)Cc2ccc(NC(=O)NCc3ccc(F)cc3)cc2)CC12COC2. The predicted molar refractivity (Wildman–Crippen MR) is 115 cm³/mol. The molecule has 2 aromatic carbocycles. The summed E-state index contributed by atoms with van der Waals surface area (Å²) in [5, 5.41) is 5.49. The molecule has 2 fully saturated rings. The molecule has 31 heavy (non-hydrogen) atoms. The van der Waals surface area contributed by atoms with E-state index in [-0.39, 0.29) is 23.3 Å². The van der Waals surface area contributed by atoms with Crippen LogP contribution in [0.3, 0.4) is 0 Å². The van der Waals surface area contributed by atoms with Gasteiger partial charge in [0.05, 0.1) is 25.2 Å². The minimum Gasteiger partial charge on any atom is -0.377 e. The van der Waals surface area contributed by atoms with E-state index in [1.807, 2.05) is 17.0 Å². The van der Waals surface area contributed by atoms with Gasteiger partial charge in [-0.3, -0.25) is 9.69 Å². The van der Waals surface area contributed by atoms with E-state index in [0.29, 0.717) is 38.4 Å². The number of halogens is 1. The zero-order valence-electron chi connectivity index (χ0n) is 17.6. The summed E-state index contributed by atoms with van der Waals surface area (Å²) >= 11 is 0. The van der Waals surface area contributed by atoms with Gasteiger partial charge in [-0.2, -0.15) is 0 Å². The van der Waals surface area contributed by atoms with Gasteiger partial charge in [-0.25, -0.2) is 9.18 Å². The van der Waals surface area contributed by atoms with E-state index in [1.165, 1.54) is 12.1 Å². The predicted octanol–water partition coefficient (Wildman–Crippen LogP) is 2.23. The van der Waals surface area contributed by atoms with Crippen LogP contribution >= 0.6 is 0 Å². The first-order valence-electron chi connectivity index (χ1n) is 10.4. The van der Waals surface area contributed by atoms with Crippen molar-refractivity contribution in [3.63, 3.8) is 0 Å². The maximum Gasteiger partial charge on any atom is 0.319 e. The van der Waals surface area contributed by atoms with E-state index in [4.69, 9.17) is 4.74 Å². The number of piperazine rings is 1. The number of anilines is 1.